The van der Waals surface area contributed by atoms with E-state index in [1.807, 2.05) is 0 Å². The van der Waals surface area contributed by atoms with Gasteiger partial charge in [-0.2, -0.15) is 0 Å². The van der Waals surface area contributed by atoms with Gasteiger partial charge in [-0.1, -0.05) is 13.3 Å². The third kappa shape index (κ3) is 13.7. The summed E-state index contributed by atoms with van der Waals surface area (Å²) < 4.78 is 5.39. The lowest BCUT2D eigenvalue weighted by molar-refractivity contribution is -0.127. The molecule has 1 atom stereocenters. The molecule has 1 unspecified atom stereocenters. The predicted octanol–water partition coefficient (Wildman–Crippen LogP) is 2.64. The molecule has 1 aromatic carbocycles. The number of hydrogen-bond acceptors (Lipinski definition) is 5. The summed E-state index contributed by atoms with van der Waals surface area (Å²) in [5, 5.41) is 24.6. The van der Waals surface area contributed by atoms with Crippen LogP contribution in [0.25, 0.3) is 0 Å². The number of anilines is 1. The molecular weight excluding hydrogens is 298 g/mol. The Balaban J connectivity index is 0.000000335. The Morgan fingerprint density at radius 2 is 1.83 bits per heavy atom. The first-order valence-corrected chi connectivity index (χ1v) is 7.78. The van der Waals surface area contributed by atoms with Crippen LogP contribution in [0.5, 0.6) is 0 Å². The van der Waals surface area contributed by atoms with E-state index in [-0.39, 0.29) is 5.56 Å². The monoisotopic (exact) mass is 327 g/mol. The van der Waals surface area contributed by atoms with E-state index in [0.29, 0.717) is 11.8 Å². The molecule has 1 aromatic rings. The molecule has 1 saturated heterocycles. The highest BCUT2D eigenvalue weighted by Crippen LogP contribution is 2.15. The highest BCUT2D eigenvalue weighted by Gasteiger charge is 2.12. The van der Waals surface area contributed by atoms with Crippen molar-refractivity contribution >= 4 is 11.7 Å². The highest BCUT2D eigenvalue weighted by atomic mass is 16.5. The van der Waals surface area contributed by atoms with Gasteiger partial charge in [0, 0.05) is 12.3 Å². The summed E-state index contributed by atoms with van der Waals surface area (Å²) in [4.78, 5) is 10.3. The minimum absolute atomic E-state index is 0.259. The van der Waals surface area contributed by atoms with Gasteiger partial charge in [-0.15, -0.1) is 0 Å². The predicted molar refractivity (Wildman–Crippen MR) is 90.2 cm³/mol. The Hall–Kier alpha value is -1.63. The zero-order valence-electron chi connectivity index (χ0n) is 14.2. The van der Waals surface area contributed by atoms with E-state index >= 15 is 0 Å². The summed E-state index contributed by atoms with van der Waals surface area (Å²) in [7, 11) is 0. The van der Waals surface area contributed by atoms with Crippen molar-refractivity contribution in [1.82, 2.24) is 0 Å². The normalized spacial score (nSPS) is 16.7. The molecular formula is C17H29NO5. The van der Waals surface area contributed by atoms with E-state index in [1.54, 1.807) is 12.1 Å². The van der Waals surface area contributed by atoms with Gasteiger partial charge in [0.05, 0.1) is 11.7 Å². The fraction of sp³-hybridized carbons (Fsp3) is 0.588. The molecule has 1 fully saturated rings. The number of aromatic carboxylic acids is 1. The quantitative estimate of drug-likeness (QED) is 0.501. The Morgan fingerprint density at radius 3 is 2.17 bits per heavy atom. The number of ether oxygens (including phenoxy) is 1. The topological polar surface area (TPSA) is 113 Å². The first-order valence-electron chi connectivity index (χ1n) is 7.78. The van der Waals surface area contributed by atoms with Crippen molar-refractivity contribution in [2.24, 2.45) is 0 Å². The van der Waals surface area contributed by atoms with E-state index in [4.69, 9.17) is 25.8 Å². The average Bonchev–Trinajstić information content (AvgIpc) is 2.91. The van der Waals surface area contributed by atoms with Crippen molar-refractivity contribution in [3.05, 3.63) is 29.8 Å². The summed E-state index contributed by atoms with van der Waals surface area (Å²) in [6.45, 7) is 5.81. The molecule has 1 aliphatic rings. The van der Waals surface area contributed by atoms with E-state index < -0.39 is 11.8 Å². The summed E-state index contributed by atoms with van der Waals surface area (Å²) in [5.41, 5.74) is 6.17. The van der Waals surface area contributed by atoms with Crippen molar-refractivity contribution in [3.63, 3.8) is 0 Å². The number of hydrogen-bond donors (Lipinski definition) is 4. The largest absolute Gasteiger partial charge is 0.478 e. The van der Waals surface area contributed by atoms with Crippen molar-refractivity contribution < 1.29 is 24.9 Å². The van der Waals surface area contributed by atoms with Crippen LogP contribution in [0.4, 0.5) is 5.69 Å². The van der Waals surface area contributed by atoms with Gasteiger partial charge in [-0.05, 0) is 57.4 Å². The van der Waals surface area contributed by atoms with Crippen LogP contribution in [0, 0.1) is 0 Å². The number of nitrogens with two attached hydrogens (primary N) is 1. The van der Waals surface area contributed by atoms with Gasteiger partial charge in [-0.3, -0.25) is 0 Å². The SMILES string of the molecule is CC(C)(O)O.CCCC1CCCO1.Nc1ccc(C(=O)O)cc1. The van der Waals surface area contributed by atoms with Gasteiger partial charge in [0.1, 0.15) is 0 Å². The smallest absolute Gasteiger partial charge is 0.335 e. The lowest BCUT2D eigenvalue weighted by Crippen LogP contribution is -2.15. The van der Waals surface area contributed by atoms with E-state index in [9.17, 15) is 4.79 Å². The fourth-order valence-electron chi connectivity index (χ4n) is 1.82. The Morgan fingerprint density at radius 1 is 1.30 bits per heavy atom. The van der Waals surface area contributed by atoms with Crippen molar-refractivity contribution in [3.8, 4) is 0 Å². The van der Waals surface area contributed by atoms with Crippen LogP contribution in [0.15, 0.2) is 24.3 Å². The van der Waals surface area contributed by atoms with Crippen molar-refractivity contribution in [2.75, 3.05) is 12.3 Å². The highest BCUT2D eigenvalue weighted by molar-refractivity contribution is 5.87. The Labute approximate surface area is 137 Å². The second-order valence-electron chi connectivity index (χ2n) is 5.85. The number of nitrogen functional groups attached to an aromatic ring is 1. The molecule has 23 heavy (non-hydrogen) atoms. The van der Waals surface area contributed by atoms with Crippen LogP contribution in [-0.4, -0.2) is 39.8 Å². The minimum Gasteiger partial charge on any atom is -0.478 e. The number of aliphatic hydroxyl groups is 2. The van der Waals surface area contributed by atoms with Gasteiger partial charge < -0.3 is 25.8 Å². The second-order valence-corrected chi connectivity index (χ2v) is 5.85. The third-order valence-corrected chi connectivity index (χ3v) is 2.79. The van der Waals surface area contributed by atoms with Crippen LogP contribution < -0.4 is 5.73 Å². The zero-order chi connectivity index (χ0) is 17.9. The molecule has 2 rings (SSSR count). The number of carbonyl (C=O) groups is 1. The van der Waals surface area contributed by atoms with Gasteiger partial charge in [0.15, 0.2) is 5.79 Å². The maximum absolute atomic E-state index is 10.3. The second kappa shape index (κ2) is 11.0. The molecule has 0 saturated carbocycles. The van der Waals surface area contributed by atoms with Gasteiger partial charge in [0.25, 0.3) is 0 Å². The Bertz CT molecular complexity index is 427. The molecule has 0 spiro atoms. The lowest BCUT2D eigenvalue weighted by Gasteiger charge is -2.04. The maximum atomic E-state index is 10.3. The maximum Gasteiger partial charge on any atom is 0.335 e. The molecule has 0 aliphatic carbocycles. The fourth-order valence-corrected chi connectivity index (χ4v) is 1.82. The molecule has 0 bridgehead atoms. The van der Waals surface area contributed by atoms with Crippen LogP contribution in [0.1, 0.15) is 56.8 Å². The van der Waals surface area contributed by atoms with E-state index in [2.05, 4.69) is 6.92 Å². The van der Waals surface area contributed by atoms with Crippen molar-refractivity contribution in [2.45, 2.75) is 58.3 Å². The average molecular weight is 327 g/mol. The molecule has 0 aromatic heterocycles. The molecule has 0 amide bonds. The first-order chi connectivity index (χ1) is 10.6. The molecule has 5 N–H and O–H groups in total. The molecule has 1 aliphatic heterocycles. The minimum atomic E-state index is -1.50. The third-order valence-electron chi connectivity index (χ3n) is 2.79. The molecule has 6 heteroatoms. The molecule has 132 valence electrons. The number of rotatable bonds is 3. The van der Waals surface area contributed by atoms with Gasteiger partial charge >= 0.3 is 5.97 Å². The number of benzene rings is 1. The lowest BCUT2D eigenvalue weighted by atomic mass is 10.1. The summed E-state index contributed by atoms with van der Waals surface area (Å²) in [5.74, 6) is -2.43. The van der Waals surface area contributed by atoms with E-state index in [1.165, 1.54) is 51.7 Å². The number of carboxylic acid groups (broad SMARTS) is 1. The van der Waals surface area contributed by atoms with Crippen LogP contribution >= 0.6 is 0 Å². The van der Waals surface area contributed by atoms with E-state index in [0.717, 1.165) is 6.61 Å². The molecule has 6 nitrogen and oxygen atoms in total. The molecule has 1 heterocycles. The van der Waals surface area contributed by atoms with Gasteiger partial charge in [0.2, 0.25) is 0 Å². The summed E-state index contributed by atoms with van der Waals surface area (Å²) in [6, 6.07) is 6.06. The summed E-state index contributed by atoms with van der Waals surface area (Å²) in [6.07, 6.45) is 5.73. The summed E-state index contributed by atoms with van der Waals surface area (Å²) >= 11 is 0. The number of carboxylic acids is 1. The van der Waals surface area contributed by atoms with Crippen molar-refractivity contribution in [1.29, 1.82) is 0 Å². The van der Waals surface area contributed by atoms with Gasteiger partial charge in [-0.25, -0.2) is 4.79 Å². The van der Waals surface area contributed by atoms with Crippen LogP contribution in [0.3, 0.4) is 0 Å². The standard InChI is InChI=1S/C7H7NO2.C7H14O.C3H8O2/c8-6-3-1-5(2-4-6)7(9)10;1-2-4-7-5-3-6-8-7;1-3(2,4)5/h1-4H,8H2,(H,9,10);7H,2-6H2,1H3;4-5H,1-2H3. The zero-order valence-corrected chi connectivity index (χ0v) is 14.2. The van der Waals surface area contributed by atoms with Crippen LogP contribution in [-0.2, 0) is 4.74 Å². The molecule has 0 radical (unpaired) electrons. The first kappa shape index (κ1) is 21.4. The Kier molecular flexibility index (Phi) is 10.2. The van der Waals surface area contributed by atoms with Crippen LogP contribution in [0.2, 0.25) is 0 Å².